The van der Waals surface area contributed by atoms with E-state index in [1.54, 1.807) is 38.8 Å². The van der Waals surface area contributed by atoms with E-state index in [1.165, 1.54) is 6.08 Å². The molecule has 2 heterocycles. The first-order valence-electron chi connectivity index (χ1n) is 10.1. The van der Waals surface area contributed by atoms with Gasteiger partial charge in [-0.2, -0.15) is 0 Å². The van der Waals surface area contributed by atoms with E-state index in [4.69, 9.17) is 25.8 Å². The molecule has 1 amide bonds. The Kier molecular flexibility index (Phi) is 6.61. The molecule has 1 atom stereocenters. The van der Waals surface area contributed by atoms with Gasteiger partial charge in [-0.1, -0.05) is 17.7 Å². The number of carbonyl (C=O) groups is 1. The average molecular weight is 451 g/mol. The third-order valence-electron chi connectivity index (χ3n) is 5.19. The second-order valence-corrected chi connectivity index (χ2v) is 7.75. The molecule has 32 heavy (non-hydrogen) atoms. The van der Waals surface area contributed by atoms with Crippen molar-refractivity contribution in [3.63, 3.8) is 0 Å². The minimum absolute atomic E-state index is 0.164. The number of pyridine rings is 1. The Bertz CT molecular complexity index is 1150. The number of rotatable bonds is 7. The first-order valence-corrected chi connectivity index (χ1v) is 10.5. The maximum atomic E-state index is 12.3. The van der Waals surface area contributed by atoms with E-state index < -0.39 is 0 Å². The van der Waals surface area contributed by atoms with Crippen LogP contribution < -0.4 is 19.5 Å². The maximum absolute atomic E-state index is 12.3. The Hall–Kier alpha value is -3.51. The van der Waals surface area contributed by atoms with Crippen LogP contribution in [0.2, 0.25) is 5.02 Å². The molecule has 0 saturated carbocycles. The number of nitrogens with zero attached hydrogens (tertiary/aromatic N) is 1. The van der Waals surface area contributed by atoms with Crippen LogP contribution in [0.3, 0.4) is 0 Å². The lowest BCUT2D eigenvalue weighted by atomic mass is 10.0. The van der Waals surface area contributed by atoms with Crippen LogP contribution in [0.5, 0.6) is 17.2 Å². The van der Waals surface area contributed by atoms with Gasteiger partial charge >= 0.3 is 0 Å². The van der Waals surface area contributed by atoms with Crippen LogP contribution in [0.15, 0.2) is 60.9 Å². The van der Waals surface area contributed by atoms with Gasteiger partial charge in [-0.05, 0) is 53.6 Å². The van der Waals surface area contributed by atoms with Crippen LogP contribution in [0.1, 0.15) is 11.1 Å². The molecule has 1 aliphatic heterocycles. The zero-order valence-corrected chi connectivity index (χ0v) is 18.6. The molecule has 0 bridgehead atoms. The first-order chi connectivity index (χ1) is 15.6. The van der Waals surface area contributed by atoms with Crippen molar-refractivity contribution in [1.29, 1.82) is 0 Å². The number of hydrogen-bond donors (Lipinski definition) is 1. The molecule has 4 rings (SSSR count). The minimum atomic E-state index is -0.202. The van der Waals surface area contributed by atoms with Crippen molar-refractivity contribution in [3.05, 3.63) is 77.1 Å². The molecule has 0 fully saturated rings. The number of nitrogens with one attached hydrogen (secondary N) is 1. The molecular formula is C25H23ClN2O4. The molecule has 7 heteroatoms. The third-order valence-corrected chi connectivity index (χ3v) is 5.41. The van der Waals surface area contributed by atoms with E-state index in [2.05, 4.69) is 10.3 Å². The zero-order chi connectivity index (χ0) is 22.5. The van der Waals surface area contributed by atoms with Crippen molar-refractivity contribution in [3.8, 4) is 28.4 Å². The van der Waals surface area contributed by atoms with Gasteiger partial charge in [0.25, 0.3) is 0 Å². The number of aromatic nitrogens is 1. The second-order valence-electron chi connectivity index (χ2n) is 7.31. The molecule has 2 aromatic carbocycles. The molecule has 0 aliphatic carbocycles. The normalized spacial score (nSPS) is 14.7. The van der Waals surface area contributed by atoms with Crippen LogP contribution in [0, 0.1) is 0 Å². The summed E-state index contributed by atoms with van der Waals surface area (Å²) in [7, 11) is 3.16. The SMILES string of the molecule is COc1ccc(/C=C/C(=O)NC[C@@H]2Cc3cc(Cl)cc(-c4ccncc4)c3O2)cc1OC. The number of carbonyl (C=O) groups excluding carboxylic acids is 1. The number of ether oxygens (including phenoxy) is 3. The monoisotopic (exact) mass is 450 g/mol. The minimum Gasteiger partial charge on any atom is -0.493 e. The number of hydrogen-bond acceptors (Lipinski definition) is 5. The molecule has 1 aromatic heterocycles. The Morgan fingerprint density at radius 3 is 2.69 bits per heavy atom. The van der Waals surface area contributed by atoms with Gasteiger partial charge in [0.15, 0.2) is 11.5 Å². The highest BCUT2D eigenvalue weighted by Crippen LogP contribution is 2.40. The fourth-order valence-electron chi connectivity index (χ4n) is 3.66. The highest BCUT2D eigenvalue weighted by molar-refractivity contribution is 6.31. The summed E-state index contributed by atoms with van der Waals surface area (Å²) < 4.78 is 16.7. The van der Waals surface area contributed by atoms with Crippen LogP contribution in [-0.4, -0.2) is 37.8 Å². The quantitative estimate of drug-likeness (QED) is 0.535. The summed E-state index contributed by atoms with van der Waals surface area (Å²) in [6.07, 6.45) is 7.20. The molecule has 1 aliphatic rings. The number of amides is 1. The molecule has 164 valence electrons. The third kappa shape index (κ3) is 4.86. The number of methoxy groups -OCH3 is 2. The lowest BCUT2D eigenvalue weighted by Gasteiger charge is -2.13. The topological polar surface area (TPSA) is 69.7 Å². The van der Waals surface area contributed by atoms with Crippen molar-refractivity contribution in [1.82, 2.24) is 10.3 Å². The van der Waals surface area contributed by atoms with Gasteiger partial charge in [-0.25, -0.2) is 0 Å². The van der Waals surface area contributed by atoms with Crippen LogP contribution in [0.25, 0.3) is 17.2 Å². The summed E-state index contributed by atoms with van der Waals surface area (Å²) in [6, 6.07) is 13.1. The predicted molar refractivity (Wildman–Crippen MR) is 124 cm³/mol. The van der Waals surface area contributed by atoms with Gasteiger partial charge in [0.2, 0.25) is 5.91 Å². The van der Waals surface area contributed by atoms with Gasteiger partial charge in [-0.3, -0.25) is 9.78 Å². The Balaban J connectivity index is 1.38. The summed E-state index contributed by atoms with van der Waals surface area (Å²) in [4.78, 5) is 16.4. The molecule has 0 radical (unpaired) electrons. The number of fused-ring (bicyclic) bond motifs is 1. The Morgan fingerprint density at radius 2 is 1.94 bits per heavy atom. The van der Waals surface area contributed by atoms with Crippen molar-refractivity contribution < 1.29 is 19.0 Å². The van der Waals surface area contributed by atoms with E-state index in [0.29, 0.717) is 29.5 Å². The number of benzene rings is 2. The summed E-state index contributed by atoms with van der Waals surface area (Å²) in [5, 5.41) is 3.56. The van der Waals surface area contributed by atoms with Gasteiger partial charge in [0.05, 0.1) is 20.8 Å². The molecule has 0 saturated heterocycles. The highest BCUT2D eigenvalue weighted by Gasteiger charge is 2.26. The summed E-state index contributed by atoms with van der Waals surface area (Å²) in [5.41, 5.74) is 3.78. The Labute approximate surface area is 191 Å². The fraction of sp³-hybridized carbons (Fsp3) is 0.200. The van der Waals surface area contributed by atoms with E-state index in [1.807, 2.05) is 36.4 Å². The van der Waals surface area contributed by atoms with E-state index in [0.717, 1.165) is 28.0 Å². The average Bonchev–Trinajstić information content (AvgIpc) is 3.23. The maximum Gasteiger partial charge on any atom is 0.244 e. The smallest absolute Gasteiger partial charge is 0.244 e. The van der Waals surface area contributed by atoms with Crippen LogP contribution in [0.4, 0.5) is 0 Å². The summed E-state index contributed by atoms with van der Waals surface area (Å²) >= 11 is 6.33. The standard InChI is InChI=1S/C25H23ClN2O4/c1-30-22-5-3-16(11-23(22)31-2)4-6-24(29)28-15-20-13-18-12-19(26)14-21(25(18)32-20)17-7-9-27-10-8-17/h3-12,14,20H,13,15H2,1-2H3,(H,28,29)/b6-4+/t20-/m0/s1. The van der Waals surface area contributed by atoms with Crippen molar-refractivity contribution in [2.45, 2.75) is 12.5 Å². The van der Waals surface area contributed by atoms with E-state index in [9.17, 15) is 4.79 Å². The molecule has 0 spiro atoms. The van der Waals surface area contributed by atoms with Crippen LogP contribution >= 0.6 is 11.6 Å². The van der Waals surface area contributed by atoms with Crippen molar-refractivity contribution in [2.24, 2.45) is 0 Å². The summed E-state index contributed by atoms with van der Waals surface area (Å²) in [6.45, 7) is 0.386. The lowest BCUT2D eigenvalue weighted by molar-refractivity contribution is -0.116. The molecule has 1 N–H and O–H groups in total. The lowest BCUT2D eigenvalue weighted by Crippen LogP contribution is -2.33. The van der Waals surface area contributed by atoms with Gasteiger partial charge in [0.1, 0.15) is 11.9 Å². The van der Waals surface area contributed by atoms with Gasteiger partial charge in [-0.15, -0.1) is 0 Å². The van der Waals surface area contributed by atoms with Crippen molar-refractivity contribution in [2.75, 3.05) is 20.8 Å². The molecule has 3 aromatic rings. The molecule has 6 nitrogen and oxygen atoms in total. The predicted octanol–water partition coefficient (Wildman–Crippen LogP) is 4.55. The fourth-order valence-corrected chi connectivity index (χ4v) is 3.90. The van der Waals surface area contributed by atoms with Gasteiger partial charge < -0.3 is 19.5 Å². The first kappa shape index (κ1) is 21.7. The Morgan fingerprint density at radius 1 is 1.16 bits per heavy atom. The molecular weight excluding hydrogens is 428 g/mol. The van der Waals surface area contributed by atoms with E-state index in [-0.39, 0.29) is 12.0 Å². The van der Waals surface area contributed by atoms with Crippen LogP contribution in [-0.2, 0) is 11.2 Å². The van der Waals surface area contributed by atoms with Gasteiger partial charge in [0, 0.05) is 41.0 Å². The van der Waals surface area contributed by atoms with E-state index >= 15 is 0 Å². The second kappa shape index (κ2) is 9.75. The largest absolute Gasteiger partial charge is 0.493 e. The van der Waals surface area contributed by atoms with Crippen molar-refractivity contribution >= 4 is 23.6 Å². The molecule has 0 unspecified atom stereocenters. The zero-order valence-electron chi connectivity index (χ0n) is 17.8. The highest BCUT2D eigenvalue weighted by atomic mass is 35.5. The number of halogens is 1. The summed E-state index contributed by atoms with van der Waals surface area (Å²) in [5.74, 6) is 1.85.